The van der Waals surface area contributed by atoms with Gasteiger partial charge in [-0.3, -0.25) is 0 Å². The normalized spacial score (nSPS) is 13.1. The van der Waals surface area contributed by atoms with Gasteiger partial charge in [-0.15, -0.1) is 5.54 Å². The van der Waals surface area contributed by atoms with Gasteiger partial charge in [0, 0.05) is 12.2 Å². The average Bonchev–Trinajstić information content (AvgIpc) is 2.50. The van der Waals surface area contributed by atoms with Crippen molar-refractivity contribution in [2.75, 3.05) is 6.61 Å². The predicted octanol–water partition coefficient (Wildman–Crippen LogP) is 4.28. The largest absolute Gasteiger partial charge is 0.396 e. The number of hydrogen-bond donors (Lipinski definition) is 2. The van der Waals surface area contributed by atoms with E-state index in [9.17, 15) is 5.11 Å². The predicted molar refractivity (Wildman–Crippen MR) is 96.4 cm³/mol. The molecule has 1 aromatic rings. The molecule has 1 atom stereocenters. The number of aliphatic hydroxyl groups excluding tert-OH is 2. The van der Waals surface area contributed by atoms with Gasteiger partial charge in [-0.25, -0.2) is 0 Å². The van der Waals surface area contributed by atoms with Crippen LogP contribution >= 0.6 is 0 Å². The van der Waals surface area contributed by atoms with E-state index in [1.807, 2.05) is 24.3 Å². The second kappa shape index (κ2) is 8.52. The van der Waals surface area contributed by atoms with Gasteiger partial charge in [0.25, 0.3) is 0 Å². The second-order valence-corrected chi connectivity index (χ2v) is 12.0. The highest BCUT2D eigenvalue weighted by molar-refractivity contribution is 6.88. The van der Waals surface area contributed by atoms with Gasteiger partial charge in [0.05, 0.1) is 6.10 Å². The van der Waals surface area contributed by atoms with Crippen molar-refractivity contribution in [3.8, 4) is 11.5 Å². The van der Waals surface area contributed by atoms with Crippen LogP contribution in [-0.4, -0.2) is 24.9 Å². The van der Waals surface area contributed by atoms with Crippen molar-refractivity contribution in [1.29, 1.82) is 0 Å². The molecule has 0 saturated carbocycles. The Morgan fingerprint density at radius 3 is 2.05 bits per heavy atom. The molecule has 0 aliphatic heterocycles. The molecule has 2 nitrogen and oxygen atoms in total. The highest BCUT2D eigenvalue weighted by Gasteiger charge is 2.33. The number of hydrogen-bond acceptors (Lipinski definition) is 2. The maximum Gasteiger partial charge on any atom is 0.140 e. The molecule has 0 radical (unpaired) electrons. The first-order valence-corrected chi connectivity index (χ1v) is 10.9. The van der Waals surface area contributed by atoms with Crippen molar-refractivity contribution < 1.29 is 10.2 Å². The van der Waals surface area contributed by atoms with Crippen LogP contribution in [0.5, 0.6) is 0 Å². The Morgan fingerprint density at radius 2 is 1.59 bits per heavy atom. The summed E-state index contributed by atoms with van der Waals surface area (Å²) in [6.07, 6.45) is 0.711. The van der Waals surface area contributed by atoms with Gasteiger partial charge in [-0.05, 0) is 41.6 Å². The molecule has 0 bridgehead atoms. The molecular formula is C19H30O2Si. The summed E-state index contributed by atoms with van der Waals surface area (Å²) in [6, 6.07) is 7.85. The summed E-state index contributed by atoms with van der Waals surface area (Å²) in [5.74, 6) is 3.35. The molecule has 0 amide bonds. The van der Waals surface area contributed by atoms with Gasteiger partial charge in [0.15, 0.2) is 0 Å². The summed E-state index contributed by atoms with van der Waals surface area (Å²) in [5.41, 5.74) is 6.77. The molecule has 0 aliphatic rings. The molecule has 3 heteroatoms. The van der Waals surface area contributed by atoms with Crippen molar-refractivity contribution in [2.45, 2.75) is 64.3 Å². The zero-order valence-electron chi connectivity index (χ0n) is 14.6. The van der Waals surface area contributed by atoms with Crippen LogP contribution in [0.3, 0.4) is 0 Å². The van der Waals surface area contributed by atoms with Crippen LogP contribution in [-0.2, 0) is 0 Å². The Morgan fingerprint density at radius 1 is 1.05 bits per heavy atom. The van der Waals surface area contributed by atoms with Gasteiger partial charge in [-0.1, -0.05) is 52.3 Å². The molecule has 0 aromatic heterocycles. The lowest BCUT2D eigenvalue weighted by Crippen LogP contribution is -2.36. The molecule has 0 unspecified atom stereocenters. The van der Waals surface area contributed by atoms with Gasteiger partial charge in [0.2, 0.25) is 0 Å². The molecular weight excluding hydrogens is 288 g/mol. The lowest BCUT2D eigenvalue weighted by molar-refractivity contribution is 0.152. The third-order valence-electron chi connectivity index (χ3n) is 4.81. The summed E-state index contributed by atoms with van der Waals surface area (Å²) in [7, 11) is -1.58. The van der Waals surface area contributed by atoms with E-state index in [0.29, 0.717) is 23.9 Å². The Balaban J connectivity index is 2.87. The maximum absolute atomic E-state index is 10.0. The maximum atomic E-state index is 10.0. The fraction of sp³-hybridized carbons (Fsp3) is 0.579. The van der Waals surface area contributed by atoms with E-state index in [2.05, 4.69) is 45.7 Å². The van der Waals surface area contributed by atoms with Gasteiger partial charge >= 0.3 is 0 Å². The van der Waals surface area contributed by atoms with E-state index in [4.69, 9.17) is 5.11 Å². The average molecular weight is 319 g/mol. The molecule has 122 valence electrons. The van der Waals surface area contributed by atoms with Crippen LogP contribution < -0.4 is 0 Å². The summed E-state index contributed by atoms with van der Waals surface area (Å²) in [5, 5.41) is 18.8. The van der Waals surface area contributed by atoms with Crippen LogP contribution in [0, 0.1) is 11.5 Å². The molecule has 0 heterocycles. The van der Waals surface area contributed by atoms with E-state index in [1.165, 1.54) is 0 Å². The molecule has 22 heavy (non-hydrogen) atoms. The third-order valence-corrected chi connectivity index (χ3v) is 10.3. The Kier molecular flexibility index (Phi) is 7.35. The standard InChI is InChI=1S/C19H30O2Si/c1-15(2)22(5,16(3)4)14-12-17-8-10-18(11-9-17)19(21)7-6-13-20/h8-11,15-16,19-21H,6-7,13H2,1-5H3/t19-/m1/s1. The number of rotatable bonds is 6. The quantitative estimate of drug-likeness (QED) is 0.607. The van der Waals surface area contributed by atoms with E-state index in [-0.39, 0.29) is 6.61 Å². The van der Waals surface area contributed by atoms with E-state index in [0.717, 1.165) is 11.1 Å². The minimum Gasteiger partial charge on any atom is -0.396 e. The minimum atomic E-state index is -1.58. The minimum absolute atomic E-state index is 0.119. The van der Waals surface area contributed by atoms with Crippen LogP contribution in [0.25, 0.3) is 0 Å². The SMILES string of the molecule is CC(C)[Si](C)(C#Cc1ccc([C@H](O)CCCO)cc1)C(C)C. The van der Waals surface area contributed by atoms with Gasteiger partial charge in [-0.2, -0.15) is 0 Å². The summed E-state index contributed by atoms with van der Waals surface area (Å²) >= 11 is 0. The monoisotopic (exact) mass is 318 g/mol. The van der Waals surface area contributed by atoms with E-state index >= 15 is 0 Å². The third kappa shape index (κ3) is 4.98. The molecule has 1 rings (SSSR count). The first-order chi connectivity index (χ1) is 10.3. The summed E-state index contributed by atoms with van der Waals surface area (Å²) < 4.78 is 0. The van der Waals surface area contributed by atoms with Gasteiger partial charge in [0.1, 0.15) is 8.07 Å². The second-order valence-electron chi connectivity index (χ2n) is 6.85. The first kappa shape index (κ1) is 19.0. The smallest absolute Gasteiger partial charge is 0.140 e. The van der Waals surface area contributed by atoms with E-state index in [1.54, 1.807) is 0 Å². The van der Waals surface area contributed by atoms with Crippen LogP contribution in [0.2, 0.25) is 17.6 Å². The van der Waals surface area contributed by atoms with E-state index < -0.39 is 14.2 Å². The highest BCUT2D eigenvalue weighted by atomic mass is 28.3. The lowest BCUT2D eigenvalue weighted by Gasteiger charge is -2.29. The van der Waals surface area contributed by atoms with Crippen molar-refractivity contribution >= 4 is 8.07 Å². The molecule has 0 spiro atoms. The fourth-order valence-corrected chi connectivity index (χ4v) is 4.73. The summed E-state index contributed by atoms with van der Waals surface area (Å²) in [6.45, 7) is 11.6. The Labute approximate surface area is 136 Å². The van der Waals surface area contributed by atoms with Crippen LogP contribution in [0.1, 0.15) is 57.8 Å². The van der Waals surface area contributed by atoms with Crippen molar-refractivity contribution in [2.24, 2.45) is 0 Å². The molecule has 2 N–H and O–H groups in total. The number of benzene rings is 1. The zero-order chi connectivity index (χ0) is 16.8. The Hall–Kier alpha value is -1.08. The summed E-state index contributed by atoms with van der Waals surface area (Å²) in [4.78, 5) is 0. The molecule has 0 saturated heterocycles. The highest BCUT2D eigenvalue weighted by Crippen LogP contribution is 2.31. The molecule has 1 aromatic carbocycles. The van der Waals surface area contributed by atoms with Gasteiger partial charge < -0.3 is 10.2 Å². The van der Waals surface area contributed by atoms with Crippen LogP contribution in [0.15, 0.2) is 24.3 Å². The van der Waals surface area contributed by atoms with Crippen molar-refractivity contribution in [1.82, 2.24) is 0 Å². The fourth-order valence-electron chi connectivity index (χ4n) is 2.40. The molecule has 0 aliphatic carbocycles. The van der Waals surface area contributed by atoms with Crippen molar-refractivity contribution in [3.05, 3.63) is 35.4 Å². The zero-order valence-corrected chi connectivity index (χ0v) is 15.6. The first-order valence-electron chi connectivity index (χ1n) is 8.23. The van der Waals surface area contributed by atoms with Crippen LogP contribution in [0.4, 0.5) is 0 Å². The Bertz CT molecular complexity index is 500. The number of aliphatic hydroxyl groups is 2. The lowest BCUT2D eigenvalue weighted by atomic mass is 10.0. The van der Waals surface area contributed by atoms with Crippen molar-refractivity contribution in [3.63, 3.8) is 0 Å². The molecule has 0 fully saturated rings. The topological polar surface area (TPSA) is 40.5 Å².